The number of benzene rings is 1. The highest BCUT2D eigenvalue weighted by atomic mass is 79.9. The van der Waals surface area contributed by atoms with Gasteiger partial charge in [0, 0.05) is 14.1 Å². The van der Waals surface area contributed by atoms with Crippen molar-refractivity contribution in [3.63, 3.8) is 0 Å². The lowest BCUT2D eigenvalue weighted by Gasteiger charge is -2.03. The van der Waals surface area contributed by atoms with Crippen LogP contribution in [0.3, 0.4) is 0 Å². The molecule has 1 N–H and O–H groups in total. The summed E-state index contributed by atoms with van der Waals surface area (Å²) in [4.78, 5) is 31.3. The Morgan fingerprint density at radius 1 is 1.21 bits per heavy atom. The van der Waals surface area contributed by atoms with Gasteiger partial charge in [0.25, 0.3) is 5.56 Å². The summed E-state index contributed by atoms with van der Waals surface area (Å²) in [5.41, 5.74) is 0.764. The molecule has 3 rings (SSSR count). The van der Waals surface area contributed by atoms with Crippen molar-refractivity contribution < 1.29 is 4.74 Å². The fourth-order valence-electron chi connectivity index (χ4n) is 2.38. The Kier molecular flexibility index (Phi) is 4.15. The lowest BCUT2D eigenvalue weighted by atomic mass is 10.2. The summed E-state index contributed by atoms with van der Waals surface area (Å²) in [5, 5.41) is 0. The summed E-state index contributed by atoms with van der Waals surface area (Å²) in [5.74, 6) is 1.24. The molecule has 3 aromatic rings. The van der Waals surface area contributed by atoms with Gasteiger partial charge in [0.05, 0.1) is 11.6 Å². The maximum Gasteiger partial charge on any atom is 0.332 e. The first-order chi connectivity index (χ1) is 11.4. The van der Waals surface area contributed by atoms with Crippen LogP contribution in [0.2, 0.25) is 0 Å². The Bertz CT molecular complexity index is 1080. The van der Waals surface area contributed by atoms with Gasteiger partial charge in [-0.15, -0.1) is 0 Å². The van der Waals surface area contributed by atoms with E-state index in [0.717, 1.165) is 20.4 Å². The number of fused-ring (bicyclic) bond motifs is 1. The molecule has 0 aliphatic heterocycles. The van der Waals surface area contributed by atoms with Crippen LogP contribution in [0.15, 0.2) is 32.3 Å². The molecule has 24 heavy (non-hydrogen) atoms. The molecule has 0 fully saturated rings. The van der Waals surface area contributed by atoms with Crippen LogP contribution < -0.4 is 16.0 Å². The average Bonchev–Trinajstić information content (AvgIpc) is 3.01. The van der Waals surface area contributed by atoms with Crippen molar-refractivity contribution in [1.82, 2.24) is 19.1 Å². The second kappa shape index (κ2) is 6.12. The maximum atomic E-state index is 12.1. The van der Waals surface area contributed by atoms with E-state index in [-0.39, 0.29) is 0 Å². The quantitative estimate of drug-likeness (QED) is 0.740. The zero-order valence-corrected chi connectivity index (χ0v) is 14.9. The van der Waals surface area contributed by atoms with Gasteiger partial charge >= 0.3 is 5.69 Å². The van der Waals surface area contributed by atoms with Gasteiger partial charge in [-0.2, -0.15) is 0 Å². The van der Waals surface area contributed by atoms with Crippen molar-refractivity contribution in [2.75, 3.05) is 7.11 Å². The second-order valence-corrected chi connectivity index (χ2v) is 6.11. The van der Waals surface area contributed by atoms with Crippen molar-refractivity contribution in [1.29, 1.82) is 0 Å². The summed E-state index contributed by atoms with van der Waals surface area (Å²) >= 11 is 3.43. The van der Waals surface area contributed by atoms with Gasteiger partial charge in [-0.3, -0.25) is 13.9 Å². The Hall–Kier alpha value is -2.61. The van der Waals surface area contributed by atoms with E-state index in [1.165, 1.54) is 11.6 Å². The Balaban J connectivity index is 2.03. The van der Waals surface area contributed by atoms with Gasteiger partial charge in [0.1, 0.15) is 17.1 Å². The molecule has 2 aromatic heterocycles. The molecule has 2 heterocycles. The third kappa shape index (κ3) is 2.69. The molecule has 0 unspecified atom stereocenters. The predicted octanol–water partition coefficient (Wildman–Crippen LogP) is 1.90. The van der Waals surface area contributed by atoms with E-state index in [1.807, 2.05) is 24.3 Å². The molecule has 1 aromatic carbocycles. The molecule has 0 amide bonds. The van der Waals surface area contributed by atoms with Gasteiger partial charge in [0.2, 0.25) is 0 Å². The van der Waals surface area contributed by atoms with Crippen molar-refractivity contribution in [3.8, 4) is 5.75 Å². The van der Waals surface area contributed by atoms with E-state index >= 15 is 0 Å². The van der Waals surface area contributed by atoms with Crippen LogP contribution in [0.1, 0.15) is 11.4 Å². The maximum absolute atomic E-state index is 12.1. The van der Waals surface area contributed by atoms with Crippen LogP contribution >= 0.6 is 15.9 Å². The number of hydrogen-bond donors (Lipinski definition) is 1. The highest BCUT2D eigenvalue weighted by Gasteiger charge is 2.12. The second-order valence-electron chi connectivity index (χ2n) is 5.25. The molecule has 8 heteroatoms. The zero-order chi connectivity index (χ0) is 17.4. The number of halogens is 1. The number of imidazole rings is 1. The zero-order valence-electron chi connectivity index (χ0n) is 13.3. The summed E-state index contributed by atoms with van der Waals surface area (Å²) in [6.07, 6.45) is 3.60. The number of nitrogens with zero attached hydrogens (tertiary/aromatic N) is 3. The fourth-order valence-corrected chi connectivity index (χ4v) is 2.94. The highest BCUT2D eigenvalue weighted by Crippen LogP contribution is 2.26. The summed E-state index contributed by atoms with van der Waals surface area (Å²) in [7, 11) is 4.63. The van der Waals surface area contributed by atoms with E-state index in [4.69, 9.17) is 4.74 Å². The first-order valence-electron chi connectivity index (χ1n) is 7.09. The van der Waals surface area contributed by atoms with E-state index < -0.39 is 11.2 Å². The first kappa shape index (κ1) is 16.3. The van der Waals surface area contributed by atoms with E-state index in [1.54, 1.807) is 20.2 Å². The monoisotopic (exact) mass is 390 g/mol. The molecule has 7 nitrogen and oxygen atoms in total. The molecule has 0 saturated carbocycles. The topological polar surface area (TPSA) is 81.9 Å². The van der Waals surface area contributed by atoms with Crippen LogP contribution in [0.25, 0.3) is 23.3 Å². The molecule has 0 atom stereocenters. The standard InChI is InChI=1S/C16H15BrN4O3/c1-20-14-13(15(22)21(2)16(20)23)18-12(19-14)7-5-9-4-6-11(24-3)10(17)8-9/h4-8H,1-3H3,(H,18,19). The number of H-pyrrole nitrogens is 1. The number of aryl methyl sites for hydroxylation is 1. The Morgan fingerprint density at radius 2 is 1.96 bits per heavy atom. The SMILES string of the molecule is COc1ccc(C=Cc2nc3c([nH]2)c(=O)n(C)c(=O)n3C)cc1Br. The summed E-state index contributed by atoms with van der Waals surface area (Å²) in [6, 6.07) is 5.66. The Labute approximate surface area is 145 Å². The lowest BCUT2D eigenvalue weighted by Crippen LogP contribution is -2.36. The number of hydrogen-bond acceptors (Lipinski definition) is 4. The molecule has 0 aliphatic rings. The first-order valence-corrected chi connectivity index (χ1v) is 7.89. The van der Waals surface area contributed by atoms with E-state index in [0.29, 0.717) is 17.0 Å². The van der Waals surface area contributed by atoms with Gasteiger partial charge in [0.15, 0.2) is 5.65 Å². The third-order valence-electron chi connectivity index (χ3n) is 3.72. The minimum absolute atomic E-state index is 0.301. The predicted molar refractivity (Wildman–Crippen MR) is 96.2 cm³/mol. The van der Waals surface area contributed by atoms with Crippen molar-refractivity contribution in [2.24, 2.45) is 14.1 Å². The average molecular weight is 391 g/mol. The largest absolute Gasteiger partial charge is 0.496 e. The normalized spacial score (nSPS) is 11.5. The number of methoxy groups -OCH3 is 1. The molecular formula is C16H15BrN4O3. The lowest BCUT2D eigenvalue weighted by molar-refractivity contribution is 0.412. The summed E-state index contributed by atoms with van der Waals surface area (Å²) < 4.78 is 8.43. The van der Waals surface area contributed by atoms with Crippen LogP contribution in [-0.2, 0) is 14.1 Å². The van der Waals surface area contributed by atoms with Crippen molar-refractivity contribution in [3.05, 3.63) is 54.9 Å². The number of nitrogens with one attached hydrogen (secondary N) is 1. The molecule has 0 bridgehead atoms. The smallest absolute Gasteiger partial charge is 0.332 e. The molecule has 124 valence electrons. The van der Waals surface area contributed by atoms with Crippen molar-refractivity contribution in [2.45, 2.75) is 0 Å². The third-order valence-corrected chi connectivity index (χ3v) is 4.34. The van der Waals surface area contributed by atoms with E-state index in [9.17, 15) is 9.59 Å². The van der Waals surface area contributed by atoms with Crippen LogP contribution in [0.4, 0.5) is 0 Å². The van der Waals surface area contributed by atoms with Crippen LogP contribution in [0, 0.1) is 0 Å². The minimum atomic E-state index is -0.409. The van der Waals surface area contributed by atoms with E-state index in [2.05, 4.69) is 25.9 Å². The molecule has 0 saturated heterocycles. The van der Waals surface area contributed by atoms with Crippen LogP contribution in [0.5, 0.6) is 5.75 Å². The molecule has 0 radical (unpaired) electrons. The highest BCUT2D eigenvalue weighted by molar-refractivity contribution is 9.10. The minimum Gasteiger partial charge on any atom is -0.496 e. The Morgan fingerprint density at radius 3 is 2.62 bits per heavy atom. The van der Waals surface area contributed by atoms with Crippen molar-refractivity contribution >= 4 is 39.2 Å². The number of aromatic nitrogens is 4. The molecule has 0 spiro atoms. The number of ether oxygens (including phenoxy) is 1. The van der Waals surface area contributed by atoms with Gasteiger partial charge in [-0.05, 0) is 39.7 Å². The fraction of sp³-hybridized carbons (Fsp3) is 0.188. The summed E-state index contributed by atoms with van der Waals surface area (Å²) in [6.45, 7) is 0. The molecule has 0 aliphatic carbocycles. The number of aromatic amines is 1. The molecular weight excluding hydrogens is 376 g/mol. The van der Waals surface area contributed by atoms with Gasteiger partial charge in [-0.1, -0.05) is 12.1 Å². The van der Waals surface area contributed by atoms with Gasteiger partial charge < -0.3 is 9.72 Å². The van der Waals surface area contributed by atoms with Gasteiger partial charge in [-0.25, -0.2) is 9.78 Å². The number of rotatable bonds is 3. The van der Waals surface area contributed by atoms with Crippen LogP contribution in [-0.4, -0.2) is 26.2 Å².